The average molecular weight is 677 g/mol. The van der Waals surface area contributed by atoms with Gasteiger partial charge in [-0.25, -0.2) is 0 Å². The Labute approximate surface area is 262 Å². The van der Waals surface area contributed by atoms with E-state index < -0.39 is 77.4 Å². The largest absolute Gasteiger partial charge is 0.462 e. The van der Waals surface area contributed by atoms with E-state index in [4.69, 9.17) is 27.9 Å². The molecular formula is C30H24Cl2F6N2O5. The van der Waals surface area contributed by atoms with Gasteiger partial charge in [0.1, 0.15) is 22.3 Å². The van der Waals surface area contributed by atoms with Crippen LogP contribution < -0.4 is 0 Å². The van der Waals surface area contributed by atoms with E-state index in [-0.39, 0.29) is 22.7 Å². The van der Waals surface area contributed by atoms with Crippen LogP contribution in [0.3, 0.4) is 0 Å². The molecule has 0 fully saturated rings. The van der Waals surface area contributed by atoms with Crippen LogP contribution in [-0.4, -0.2) is 20.6 Å². The first-order chi connectivity index (χ1) is 20.6. The van der Waals surface area contributed by atoms with E-state index in [0.29, 0.717) is 0 Å². The number of ether oxygens (including phenoxy) is 1. The minimum atomic E-state index is -4.86. The Bertz CT molecular complexity index is 1580. The van der Waals surface area contributed by atoms with Gasteiger partial charge in [-0.1, -0.05) is 64.1 Å². The molecule has 2 aromatic rings. The number of nitro groups is 2. The average Bonchev–Trinajstić information content (AvgIpc) is 2.92. The number of halogens is 8. The van der Waals surface area contributed by atoms with E-state index in [2.05, 4.69) is 0 Å². The lowest BCUT2D eigenvalue weighted by Gasteiger charge is -2.40. The molecule has 0 saturated heterocycles. The van der Waals surface area contributed by atoms with Crippen LogP contribution in [0, 0.1) is 31.1 Å². The lowest BCUT2D eigenvalue weighted by Crippen LogP contribution is -2.37. The molecule has 2 atom stereocenters. The Hall–Kier alpha value is -3.84. The monoisotopic (exact) mass is 676 g/mol. The molecule has 0 aromatic heterocycles. The number of alkyl halides is 8. The summed E-state index contributed by atoms with van der Waals surface area (Å²) in [5.41, 5.74) is -8.55. The summed E-state index contributed by atoms with van der Waals surface area (Å²) in [7, 11) is 0. The smallest absolute Gasteiger partial charge is 0.417 e. The van der Waals surface area contributed by atoms with E-state index in [9.17, 15) is 46.6 Å². The number of allylic oxidation sites excluding steroid dienone is 6. The lowest BCUT2D eigenvalue weighted by molar-refractivity contribution is -0.419. The van der Waals surface area contributed by atoms with Crippen molar-refractivity contribution in [2.75, 3.05) is 0 Å². The third kappa shape index (κ3) is 6.07. The van der Waals surface area contributed by atoms with Gasteiger partial charge in [-0.3, -0.25) is 20.2 Å². The molecule has 15 heteroatoms. The molecule has 2 unspecified atom stereocenters. The summed E-state index contributed by atoms with van der Waals surface area (Å²) in [6.45, 7) is 5.50. The predicted molar refractivity (Wildman–Crippen MR) is 155 cm³/mol. The van der Waals surface area contributed by atoms with Crippen molar-refractivity contribution in [1.29, 1.82) is 0 Å². The zero-order chi connectivity index (χ0) is 33.9. The summed E-state index contributed by atoms with van der Waals surface area (Å²) in [6.07, 6.45) is -8.07. The molecule has 2 aromatic carbocycles. The Morgan fingerprint density at radius 3 is 1.27 bits per heavy atom. The van der Waals surface area contributed by atoms with Crippen molar-refractivity contribution < 1.29 is 40.9 Å². The molecule has 0 heterocycles. The highest BCUT2D eigenvalue weighted by Crippen LogP contribution is 2.54. The summed E-state index contributed by atoms with van der Waals surface area (Å²) in [5, 5.41) is 21.8. The van der Waals surface area contributed by atoms with Crippen molar-refractivity contribution >= 4 is 34.3 Å². The highest BCUT2D eigenvalue weighted by Gasteiger charge is 2.51. The molecule has 240 valence electrons. The molecule has 2 aliphatic rings. The second-order valence-electron chi connectivity index (χ2n) is 11.5. The Morgan fingerprint density at radius 1 is 0.667 bits per heavy atom. The maximum atomic E-state index is 13.9. The van der Waals surface area contributed by atoms with Gasteiger partial charge in [0, 0.05) is 22.0 Å². The fraction of sp³-hybridized carbons (Fsp3) is 0.333. The number of hydrogen-bond donors (Lipinski definition) is 0. The van der Waals surface area contributed by atoms with Crippen molar-refractivity contribution in [1.82, 2.24) is 0 Å². The van der Waals surface area contributed by atoms with Crippen LogP contribution in [0.4, 0.5) is 26.3 Å². The molecular weight excluding hydrogens is 653 g/mol. The van der Waals surface area contributed by atoms with E-state index >= 15 is 0 Å². The third-order valence-corrected chi connectivity index (χ3v) is 9.28. The SMILES string of the molecule is CC1(C)C(c2ccccc2C(F)(F)F)=C([N+](=O)[O-])C=C(OC2=CC([N+](=O)[O-])=C(c3ccccc3C(F)(F)F)C(C)(C)C2Cl)C1Cl. The van der Waals surface area contributed by atoms with Crippen LogP contribution in [0.15, 0.2) is 83.6 Å². The van der Waals surface area contributed by atoms with Crippen LogP contribution in [0.5, 0.6) is 0 Å². The van der Waals surface area contributed by atoms with Crippen LogP contribution >= 0.6 is 23.2 Å². The van der Waals surface area contributed by atoms with Crippen LogP contribution in [0.2, 0.25) is 0 Å². The predicted octanol–water partition coefficient (Wildman–Crippen LogP) is 9.48. The van der Waals surface area contributed by atoms with Crippen molar-refractivity contribution in [2.45, 2.75) is 50.8 Å². The quantitative estimate of drug-likeness (QED) is 0.131. The van der Waals surface area contributed by atoms with Gasteiger partial charge in [-0.15, -0.1) is 23.2 Å². The molecule has 0 spiro atoms. The molecule has 2 aliphatic carbocycles. The Balaban J connectivity index is 1.94. The standard InChI is InChI=1S/C30H24Cl2F6N2O5/c1-27(2)23(15-9-5-7-11-17(15)29(33,34)35)19(39(41)42)13-21(25(27)31)45-22-14-20(40(43)44)24(28(3,4)26(22)32)16-10-6-8-12-18(16)30(36,37)38/h5-14,25-26H,1-4H3. The molecule has 0 radical (unpaired) electrons. The summed E-state index contributed by atoms with van der Waals surface area (Å²) in [4.78, 5) is 22.7. The third-order valence-electron chi connectivity index (χ3n) is 7.76. The maximum Gasteiger partial charge on any atom is 0.417 e. The summed E-state index contributed by atoms with van der Waals surface area (Å²) >= 11 is 13.4. The van der Waals surface area contributed by atoms with Gasteiger partial charge >= 0.3 is 12.4 Å². The van der Waals surface area contributed by atoms with Gasteiger partial charge < -0.3 is 4.74 Å². The van der Waals surface area contributed by atoms with Crippen molar-refractivity contribution in [3.63, 3.8) is 0 Å². The Morgan fingerprint density at radius 2 is 0.978 bits per heavy atom. The molecule has 0 amide bonds. The minimum Gasteiger partial charge on any atom is -0.462 e. The van der Waals surface area contributed by atoms with Gasteiger partial charge in [-0.05, 0) is 23.3 Å². The summed E-state index contributed by atoms with van der Waals surface area (Å²) in [5.74, 6) is -0.702. The van der Waals surface area contributed by atoms with E-state index in [1.807, 2.05) is 0 Å². The van der Waals surface area contributed by atoms with Gasteiger partial charge in [0.2, 0.25) is 0 Å². The van der Waals surface area contributed by atoms with Gasteiger partial charge in [0.15, 0.2) is 0 Å². The second-order valence-corrected chi connectivity index (χ2v) is 12.4. The minimum absolute atomic E-state index is 0.329. The molecule has 0 bridgehead atoms. The second kappa shape index (κ2) is 11.5. The highest BCUT2D eigenvalue weighted by molar-refractivity contribution is 6.24. The van der Waals surface area contributed by atoms with Gasteiger partial charge in [-0.2, -0.15) is 26.3 Å². The van der Waals surface area contributed by atoms with Crippen LogP contribution in [0.1, 0.15) is 49.9 Å². The van der Waals surface area contributed by atoms with Crippen LogP contribution in [-0.2, 0) is 17.1 Å². The first-order valence-corrected chi connectivity index (χ1v) is 14.0. The fourth-order valence-electron chi connectivity index (χ4n) is 5.64. The fourth-order valence-corrected chi connectivity index (χ4v) is 6.07. The topological polar surface area (TPSA) is 95.5 Å². The maximum absolute atomic E-state index is 13.9. The van der Waals surface area contributed by atoms with E-state index in [0.717, 1.165) is 48.6 Å². The molecule has 0 N–H and O–H groups in total. The summed E-state index contributed by atoms with van der Waals surface area (Å²) < 4.78 is 89.4. The molecule has 4 rings (SSSR count). The number of nitrogens with zero attached hydrogens (tertiary/aromatic N) is 2. The van der Waals surface area contributed by atoms with Crippen molar-refractivity contribution in [2.24, 2.45) is 10.8 Å². The molecule has 0 aliphatic heterocycles. The lowest BCUT2D eigenvalue weighted by atomic mass is 9.71. The first-order valence-electron chi connectivity index (χ1n) is 13.1. The number of hydrogen-bond acceptors (Lipinski definition) is 5. The van der Waals surface area contributed by atoms with Crippen molar-refractivity contribution in [3.8, 4) is 0 Å². The van der Waals surface area contributed by atoms with Gasteiger partial charge in [0.05, 0.1) is 33.1 Å². The molecule has 0 saturated carbocycles. The van der Waals surface area contributed by atoms with Crippen LogP contribution in [0.25, 0.3) is 11.1 Å². The highest BCUT2D eigenvalue weighted by atomic mass is 35.5. The molecule has 45 heavy (non-hydrogen) atoms. The van der Waals surface area contributed by atoms with E-state index in [1.54, 1.807) is 0 Å². The number of benzene rings is 2. The zero-order valence-electron chi connectivity index (χ0n) is 23.9. The molecule has 7 nitrogen and oxygen atoms in total. The summed E-state index contributed by atoms with van der Waals surface area (Å²) in [6, 6.07) is 8.58. The normalized spacial score (nSPS) is 21.7. The first kappa shape index (κ1) is 34.0. The van der Waals surface area contributed by atoms with E-state index in [1.165, 1.54) is 39.8 Å². The van der Waals surface area contributed by atoms with Crippen molar-refractivity contribution in [3.05, 3.63) is 126 Å². The Kier molecular flexibility index (Phi) is 8.70. The zero-order valence-corrected chi connectivity index (χ0v) is 25.4. The van der Waals surface area contributed by atoms with Gasteiger partial charge in [0.25, 0.3) is 11.4 Å². The number of rotatable bonds is 6.